The van der Waals surface area contributed by atoms with Crippen molar-refractivity contribution in [2.75, 3.05) is 13.1 Å². The van der Waals surface area contributed by atoms with Crippen LogP contribution in [-0.2, 0) is 4.79 Å². The molecule has 0 atom stereocenters. The van der Waals surface area contributed by atoms with E-state index < -0.39 is 0 Å². The molecule has 1 aromatic heterocycles. The molecule has 124 valence electrons. The molecule has 5 nitrogen and oxygen atoms in total. The number of hydrogen-bond donors (Lipinski definition) is 1. The molecule has 3 rings (SSSR count). The number of pyridine rings is 1. The average Bonchev–Trinajstić information content (AvgIpc) is 2.61. The first kappa shape index (κ1) is 16.2. The van der Waals surface area contributed by atoms with E-state index in [0.29, 0.717) is 31.5 Å². The minimum atomic E-state index is -0.273. The summed E-state index contributed by atoms with van der Waals surface area (Å²) in [4.78, 5) is 29.9. The van der Waals surface area contributed by atoms with Crippen LogP contribution in [0.5, 0.6) is 0 Å². The van der Waals surface area contributed by atoms with Gasteiger partial charge in [0, 0.05) is 37.0 Å². The van der Waals surface area contributed by atoms with Gasteiger partial charge < -0.3 is 10.6 Å². The van der Waals surface area contributed by atoms with Crippen LogP contribution in [0.4, 0.5) is 0 Å². The topological polar surface area (TPSA) is 76.3 Å². The molecule has 2 aromatic rings. The number of aromatic nitrogens is 1. The third kappa shape index (κ3) is 3.45. The van der Waals surface area contributed by atoms with E-state index in [4.69, 9.17) is 5.73 Å². The van der Waals surface area contributed by atoms with Gasteiger partial charge in [-0.05, 0) is 31.4 Å². The van der Waals surface area contributed by atoms with Crippen LogP contribution >= 0.6 is 0 Å². The van der Waals surface area contributed by atoms with Crippen molar-refractivity contribution in [1.82, 2.24) is 9.88 Å². The van der Waals surface area contributed by atoms with Gasteiger partial charge in [-0.15, -0.1) is 0 Å². The Kier molecular flexibility index (Phi) is 4.60. The molecule has 24 heavy (non-hydrogen) atoms. The van der Waals surface area contributed by atoms with E-state index in [0.717, 1.165) is 16.7 Å². The Morgan fingerprint density at radius 3 is 2.54 bits per heavy atom. The summed E-state index contributed by atoms with van der Waals surface area (Å²) < 4.78 is 0. The van der Waals surface area contributed by atoms with Gasteiger partial charge in [0.25, 0.3) is 5.91 Å². The highest BCUT2D eigenvalue weighted by molar-refractivity contribution is 5.95. The first-order chi connectivity index (χ1) is 11.5. The third-order valence-electron chi connectivity index (χ3n) is 4.52. The fourth-order valence-corrected chi connectivity index (χ4v) is 3.09. The van der Waals surface area contributed by atoms with Crippen LogP contribution < -0.4 is 5.73 Å². The summed E-state index contributed by atoms with van der Waals surface area (Å²) in [5.41, 5.74) is 9.06. The quantitative estimate of drug-likeness (QED) is 0.942. The highest BCUT2D eigenvalue weighted by Gasteiger charge is 2.26. The first-order valence-corrected chi connectivity index (χ1v) is 8.15. The molecule has 0 radical (unpaired) electrons. The first-order valence-electron chi connectivity index (χ1n) is 8.15. The van der Waals surface area contributed by atoms with Crippen molar-refractivity contribution < 1.29 is 9.59 Å². The molecule has 1 fully saturated rings. The van der Waals surface area contributed by atoms with Gasteiger partial charge in [0.15, 0.2) is 0 Å². The zero-order chi connectivity index (χ0) is 17.1. The molecular weight excluding hydrogens is 302 g/mol. The van der Waals surface area contributed by atoms with Crippen molar-refractivity contribution in [3.63, 3.8) is 0 Å². The maximum Gasteiger partial charge on any atom is 0.255 e. The molecule has 0 aliphatic carbocycles. The van der Waals surface area contributed by atoms with Crippen LogP contribution in [0.25, 0.3) is 11.1 Å². The van der Waals surface area contributed by atoms with E-state index in [1.165, 1.54) is 0 Å². The number of benzene rings is 1. The number of hydrogen-bond acceptors (Lipinski definition) is 3. The second-order valence-electron chi connectivity index (χ2n) is 6.30. The Labute approximate surface area is 141 Å². The number of nitrogens with zero attached hydrogens (tertiary/aromatic N) is 2. The number of carbonyl (C=O) groups is 2. The lowest BCUT2D eigenvalue weighted by molar-refractivity contribution is -0.123. The number of rotatable bonds is 3. The molecule has 1 aliphatic heterocycles. The molecule has 1 aliphatic rings. The highest BCUT2D eigenvalue weighted by Crippen LogP contribution is 2.23. The minimum absolute atomic E-state index is 0.0417. The molecule has 0 unspecified atom stereocenters. The monoisotopic (exact) mass is 323 g/mol. The maximum absolute atomic E-state index is 12.7. The molecule has 0 bridgehead atoms. The van der Waals surface area contributed by atoms with E-state index >= 15 is 0 Å². The smallest absolute Gasteiger partial charge is 0.255 e. The molecule has 2 N–H and O–H groups in total. The lowest BCUT2D eigenvalue weighted by Gasteiger charge is -2.30. The standard InChI is InChI=1S/C19H21N3O2/c1-13-3-2-4-15(9-13)16-10-17(12-21-11-16)19(24)22-7-5-14(6-8-22)18(20)23/h2-4,9-12,14H,5-8H2,1H3,(H2,20,23). The predicted octanol–water partition coefficient (Wildman–Crippen LogP) is 2.39. The summed E-state index contributed by atoms with van der Waals surface area (Å²) in [6.45, 7) is 3.15. The van der Waals surface area contributed by atoms with Crippen LogP contribution in [0.2, 0.25) is 0 Å². The fraction of sp³-hybridized carbons (Fsp3) is 0.316. The lowest BCUT2D eigenvalue weighted by atomic mass is 9.95. The number of carbonyl (C=O) groups excluding carboxylic acids is 2. The van der Waals surface area contributed by atoms with Crippen LogP contribution in [0.15, 0.2) is 42.7 Å². The molecule has 0 saturated carbocycles. The van der Waals surface area contributed by atoms with Gasteiger partial charge in [0.1, 0.15) is 0 Å². The van der Waals surface area contributed by atoms with E-state index in [9.17, 15) is 9.59 Å². The largest absolute Gasteiger partial charge is 0.369 e. The third-order valence-corrected chi connectivity index (χ3v) is 4.52. The van der Waals surface area contributed by atoms with E-state index in [2.05, 4.69) is 11.1 Å². The molecular formula is C19H21N3O2. The second-order valence-corrected chi connectivity index (χ2v) is 6.30. The lowest BCUT2D eigenvalue weighted by Crippen LogP contribution is -2.41. The van der Waals surface area contributed by atoms with Gasteiger partial charge in [0.2, 0.25) is 5.91 Å². The second kappa shape index (κ2) is 6.83. The normalized spacial score (nSPS) is 15.3. The maximum atomic E-state index is 12.7. The Bertz CT molecular complexity index is 765. The number of piperidine rings is 1. The number of amides is 2. The minimum Gasteiger partial charge on any atom is -0.369 e. The summed E-state index contributed by atoms with van der Waals surface area (Å²) in [5.74, 6) is -0.434. The zero-order valence-corrected chi connectivity index (χ0v) is 13.7. The molecule has 1 aromatic carbocycles. The van der Waals surface area contributed by atoms with E-state index in [-0.39, 0.29) is 17.7 Å². The van der Waals surface area contributed by atoms with E-state index in [1.54, 1.807) is 17.3 Å². The van der Waals surface area contributed by atoms with Gasteiger partial charge in [0.05, 0.1) is 5.56 Å². The SMILES string of the molecule is Cc1cccc(-c2cncc(C(=O)N3CCC(C(N)=O)CC3)c2)c1. The molecule has 0 spiro atoms. The Morgan fingerprint density at radius 1 is 1.12 bits per heavy atom. The summed E-state index contributed by atoms with van der Waals surface area (Å²) in [5, 5.41) is 0. The van der Waals surface area contributed by atoms with Gasteiger partial charge in [-0.25, -0.2) is 0 Å². The van der Waals surface area contributed by atoms with Crippen molar-refractivity contribution in [2.24, 2.45) is 11.7 Å². The molecule has 2 amide bonds. The Hall–Kier alpha value is -2.69. The van der Waals surface area contributed by atoms with Crippen LogP contribution in [0.1, 0.15) is 28.8 Å². The number of aryl methyl sites for hydroxylation is 1. The summed E-state index contributed by atoms with van der Waals surface area (Å²) in [6.07, 6.45) is 4.63. The predicted molar refractivity (Wildman–Crippen MR) is 92.2 cm³/mol. The summed E-state index contributed by atoms with van der Waals surface area (Å²) >= 11 is 0. The number of nitrogens with two attached hydrogens (primary N) is 1. The van der Waals surface area contributed by atoms with Crippen LogP contribution in [-0.4, -0.2) is 34.8 Å². The summed E-state index contributed by atoms with van der Waals surface area (Å²) in [6, 6.07) is 9.99. The zero-order valence-electron chi connectivity index (χ0n) is 13.7. The van der Waals surface area contributed by atoms with Gasteiger partial charge >= 0.3 is 0 Å². The van der Waals surface area contributed by atoms with Gasteiger partial charge in [-0.2, -0.15) is 0 Å². The molecule has 5 heteroatoms. The van der Waals surface area contributed by atoms with Crippen molar-refractivity contribution in [3.05, 3.63) is 53.9 Å². The number of likely N-dealkylation sites (tertiary alicyclic amines) is 1. The Morgan fingerprint density at radius 2 is 1.88 bits per heavy atom. The molecule has 1 saturated heterocycles. The van der Waals surface area contributed by atoms with Gasteiger partial charge in [-0.1, -0.05) is 29.8 Å². The molecule has 2 heterocycles. The van der Waals surface area contributed by atoms with Crippen LogP contribution in [0.3, 0.4) is 0 Å². The van der Waals surface area contributed by atoms with Crippen molar-refractivity contribution in [3.8, 4) is 11.1 Å². The van der Waals surface area contributed by atoms with Gasteiger partial charge in [-0.3, -0.25) is 14.6 Å². The van der Waals surface area contributed by atoms with Crippen molar-refractivity contribution in [1.29, 1.82) is 0 Å². The van der Waals surface area contributed by atoms with Crippen LogP contribution in [0, 0.1) is 12.8 Å². The van der Waals surface area contributed by atoms with Crippen molar-refractivity contribution in [2.45, 2.75) is 19.8 Å². The fourth-order valence-electron chi connectivity index (χ4n) is 3.09. The van der Waals surface area contributed by atoms with E-state index in [1.807, 2.05) is 31.2 Å². The van der Waals surface area contributed by atoms with Crippen molar-refractivity contribution >= 4 is 11.8 Å². The highest BCUT2D eigenvalue weighted by atomic mass is 16.2. The Balaban J connectivity index is 1.77. The average molecular weight is 323 g/mol. The number of primary amides is 1. The summed E-state index contributed by atoms with van der Waals surface area (Å²) in [7, 11) is 0.